The molecule has 29 heavy (non-hydrogen) atoms. The third kappa shape index (κ3) is 13.2. The average Bonchev–Trinajstić information content (AvgIpc) is 3.26. The van der Waals surface area contributed by atoms with Crippen molar-refractivity contribution >= 4 is 31.4 Å². The number of rotatable bonds is 14. The number of aliphatic imine (C=N–C) groups is 1. The number of hydrogen-bond acceptors (Lipinski definition) is 3. The van der Waals surface area contributed by atoms with Crippen molar-refractivity contribution in [1.29, 1.82) is 0 Å². The maximum absolute atomic E-state index is 11.1. The fraction of sp³-hybridized carbons (Fsp3) is 0.750. The summed E-state index contributed by atoms with van der Waals surface area (Å²) in [5, 5.41) is 9.08. The van der Waals surface area contributed by atoms with Gasteiger partial charge < -0.3 is 9.52 Å². The first-order valence-corrected chi connectivity index (χ1v) is 17.6. The van der Waals surface area contributed by atoms with Crippen LogP contribution < -0.4 is 0 Å². The van der Waals surface area contributed by atoms with Crippen LogP contribution in [0.25, 0.3) is 0 Å². The Morgan fingerprint density at radius 2 is 1.59 bits per heavy atom. The number of hydrogen-bond donors (Lipinski definition) is 1. The molecule has 0 aliphatic rings. The second-order valence-electron chi connectivity index (χ2n) is 7.92. The van der Waals surface area contributed by atoms with Gasteiger partial charge in [-0.2, -0.15) is 0 Å². The van der Waals surface area contributed by atoms with E-state index in [2.05, 4.69) is 25.8 Å². The third-order valence-electron chi connectivity index (χ3n) is 5.30. The number of unbranched alkanes of at least 4 members (excludes halogenated alkanes) is 3. The molecule has 1 N–H and O–H groups in total. The number of aliphatic carboxylic acids is 1. The number of nitrogens with zero attached hydrogens (tertiary/aromatic N) is 1. The van der Waals surface area contributed by atoms with E-state index in [0.717, 1.165) is 6.42 Å². The first-order valence-electron chi connectivity index (χ1n) is 11.6. The number of furan rings is 1. The molecule has 1 aromatic rings. The number of carboxylic acid groups (broad SMARTS) is 1. The molecule has 0 saturated heterocycles. The molecule has 0 spiro atoms. The first-order chi connectivity index (χ1) is 13.9. The summed E-state index contributed by atoms with van der Waals surface area (Å²) in [7, 11) is 0. The summed E-state index contributed by atoms with van der Waals surface area (Å²) in [4.78, 5) is 15.3. The summed E-state index contributed by atoms with van der Waals surface area (Å²) in [6.45, 7) is 12.6. The standard InChI is InChI=1S/C12H17NO3.3C4H9.Sn/c1-4-8(2)11(12(14)15)13-9(3)10-6-5-7-16-10;3*1-3-4-2;/h5-8,11H,4H2,1-3H3,(H,14,15);3*1,3-4H2,2H3;. The molecule has 1 radical (unpaired) electrons. The molecule has 2 atom stereocenters. The summed E-state index contributed by atoms with van der Waals surface area (Å²) >= 11 is -0.839. The van der Waals surface area contributed by atoms with Gasteiger partial charge in [0.15, 0.2) is 0 Å². The Hall–Kier alpha value is -0.781. The Morgan fingerprint density at radius 3 is 1.93 bits per heavy atom. The van der Waals surface area contributed by atoms with E-state index >= 15 is 0 Å². The molecule has 0 aliphatic heterocycles. The van der Waals surface area contributed by atoms with Crippen molar-refractivity contribution in [2.45, 2.75) is 106 Å². The molecule has 1 aromatic heterocycles. The average molecular weight is 513 g/mol. The normalized spacial score (nSPS) is 13.7. The fourth-order valence-electron chi connectivity index (χ4n) is 3.06. The second kappa shape index (κ2) is 18.0. The van der Waals surface area contributed by atoms with E-state index in [4.69, 9.17) is 9.52 Å². The monoisotopic (exact) mass is 514 g/mol. The summed E-state index contributed by atoms with van der Waals surface area (Å²) in [6.07, 6.45) is 11.2. The van der Waals surface area contributed by atoms with Gasteiger partial charge in [0.1, 0.15) is 11.8 Å². The van der Waals surface area contributed by atoms with E-state index in [-0.39, 0.29) is 5.92 Å². The predicted octanol–water partition coefficient (Wildman–Crippen LogP) is 7.47. The van der Waals surface area contributed by atoms with Crippen molar-refractivity contribution in [1.82, 2.24) is 0 Å². The molecule has 0 amide bonds. The van der Waals surface area contributed by atoms with E-state index < -0.39 is 31.8 Å². The fourth-order valence-corrected chi connectivity index (χ4v) is 12.5. The van der Waals surface area contributed by atoms with Crippen molar-refractivity contribution in [2.75, 3.05) is 0 Å². The Labute approximate surface area is 186 Å². The van der Waals surface area contributed by atoms with Crippen LogP contribution >= 0.6 is 0 Å². The Bertz CT molecular complexity index is 523. The summed E-state index contributed by atoms with van der Waals surface area (Å²) in [6, 6.07) is 2.83. The maximum atomic E-state index is 11.1. The van der Waals surface area contributed by atoms with Crippen molar-refractivity contribution in [3.05, 3.63) is 24.2 Å². The topological polar surface area (TPSA) is 62.8 Å². The zero-order valence-corrected chi connectivity index (χ0v) is 22.5. The van der Waals surface area contributed by atoms with Crippen LogP contribution in [0.1, 0.15) is 92.2 Å². The SMILES string of the molecule is CCC(C)C(N=C(C)c1ccco1)C(=O)O.CCC[CH2][Sn]([CH2]CCC)[CH2]CCC. The zero-order valence-electron chi connectivity index (χ0n) is 19.7. The van der Waals surface area contributed by atoms with Crippen molar-refractivity contribution in [3.63, 3.8) is 0 Å². The molecule has 0 fully saturated rings. The molecule has 0 bridgehead atoms. The van der Waals surface area contributed by atoms with Gasteiger partial charge in [0, 0.05) is 0 Å². The van der Waals surface area contributed by atoms with Crippen LogP contribution in [0.2, 0.25) is 13.3 Å². The van der Waals surface area contributed by atoms with Gasteiger partial charge in [-0.25, -0.2) is 4.79 Å². The molecular weight excluding hydrogens is 469 g/mol. The van der Waals surface area contributed by atoms with Gasteiger partial charge >= 0.3 is 98.3 Å². The molecule has 1 rings (SSSR count). The van der Waals surface area contributed by atoms with Crippen LogP contribution in [-0.4, -0.2) is 42.6 Å². The molecule has 0 saturated carbocycles. The van der Waals surface area contributed by atoms with Crippen molar-refractivity contribution in [2.24, 2.45) is 10.9 Å². The van der Waals surface area contributed by atoms with Crippen LogP contribution in [0, 0.1) is 5.92 Å². The minimum absolute atomic E-state index is 0.0161. The molecule has 167 valence electrons. The van der Waals surface area contributed by atoms with Gasteiger partial charge in [-0.15, -0.1) is 0 Å². The van der Waals surface area contributed by atoms with Crippen molar-refractivity contribution < 1.29 is 14.3 Å². The van der Waals surface area contributed by atoms with Gasteiger partial charge in [0.2, 0.25) is 0 Å². The van der Waals surface area contributed by atoms with Crippen LogP contribution in [-0.2, 0) is 4.79 Å². The van der Waals surface area contributed by atoms with Crippen LogP contribution in [0.3, 0.4) is 0 Å². The van der Waals surface area contributed by atoms with Gasteiger partial charge in [-0.05, 0) is 25.0 Å². The number of carboxylic acids is 1. The van der Waals surface area contributed by atoms with E-state index in [1.165, 1.54) is 38.5 Å². The summed E-state index contributed by atoms with van der Waals surface area (Å²) in [5.74, 6) is -0.253. The quantitative estimate of drug-likeness (QED) is 0.207. The molecule has 4 nitrogen and oxygen atoms in total. The van der Waals surface area contributed by atoms with Gasteiger partial charge in [-0.1, -0.05) is 20.3 Å². The van der Waals surface area contributed by atoms with Gasteiger partial charge in [0.05, 0.1) is 12.0 Å². The van der Waals surface area contributed by atoms with E-state index in [0.29, 0.717) is 11.5 Å². The molecule has 0 aromatic carbocycles. The Kier molecular flexibility index (Phi) is 17.5. The van der Waals surface area contributed by atoms with E-state index in [9.17, 15) is 4.79 Å². The second-order valence-corrected chi connectivity index (χ2v) is 16.5. The molecule has 2 unspecified atom stereocenters. The van der Waals surface area contributed by atoms with Gasteiger partial charge in [0.25, 0.3) is 0 Å². The predicted molar refractivity (Wildman–Crippen MR) is 127 cm³/mol. The zero-order chi connectivity index (χ0) is 22.1. The first kappa shape index (κ1) is 28.2. The molecule has 1 heterocycles. The minimum atomic E-state index is -0.889. The van der Waals surface area contributed by atoms with E-state index in [1.54, 1.807) is 38.6 Å². The molecular formula is C24H44NO3Sn. The van der Waals surface area contributed by atoms with Crippen LogP contribution in [0.15, 0.2) is 27.8 Å². The number of carbonyl (C=O) groups is 1. The molecule has 0 aliphatic carbocycles. The van der Waals surface area contributed by atoms with Crippen LogP contribution in [0.4, 0.5) is 0 Å². The Morgan fingerprint density at radius 1 is 1.07 bits per heavy atom. The van der Waals surface area contributed by atoms with E-state index in [1.807, 2.05) is 13.8 Å². The summed E-state index contributed by atoms with van der Waals surface area (Å²) < 4.78 is 10.2. The van der Waals surface area contributed by atoms with Crippen LogP contribution in [0.5, 0.6) is 0 Å². The third-order valence-corrected chi connectivity index (χ3v) is 14.4. The van der Waals surface area contributed by atoms with Gasteiger partial charge in [-0.3, -0.25) is 4.99 Å². The Balaban J connectivity index is 0.000000555. The van der Waals surface area contributed by atoms with Crippen molar-refractivity contribution in [3.8, 4) is 0 Å². The summed E-state index contributed by atoms with van der Waals surface area (Å²) in [5.41, 5.74) is 0.623. The molecule has 5 heteroatoms.